The fraction of sp³-hybridized carbons (Fsp3) is 0.500. The first kappa shape index (κ1) is 12.0. The van der Waals surface area contributed by atoms with Crippen LogP contribution in [0.1, 0.15) is 31.9 Å². The van der Waals surface area contributed by atoms with Crippen LogP contribution in [0.5, 0.6) is 5.75 Å². The van der Waals surface area contributed by atoms with Crippen LogP contribution in [-0.2, 0) is 0 Å². The Morgan fingerprint density at radius 1 is 1.40 bits per heavy atom. The molecule has 0 aliphatic carbocycles. The molecule has 0 aliphatic heterocycles. The van der Waals surface area contributed by atoms with E-state index in [1.807, 2.05) is 38.1 Å². The molecule has 3 heteroatoms. The highest BCUT2D eigenvalue weighted by molar-refractivity contribution is 5.30. The highest BCUT2D eigenvalue weighted by Crippen LogP contribution is 2.21. The van der Waals surface area contributed by atoms with Gasteiger partial charge in [-0.25, -0.2) is 0 Å². The predicted molar refractivity (Wildman–Crippen MR) is 60.8 cm³/mol. The second kappa shape index (κ2) is 5.73. The van der Waals surface area contributed by atoms with Gasteiger partial charge in [-0.15, -0.1) is 0 Å². The molecular formula is C12H19NO2. The van der Waals surface area contributed by atoms with Gasteiger partial charge in [-0.05, 0) is 31.0 Å². The smallest absolute Gasteiger partial charge is 0.119 e. The van der Waals surface area contributed by atoms with Gasteiger partial charge in [0, 0.05) is 6.04 Å². The van der Waals surface area contributed by atoms with E-state index in [9.17, 15) is 5.11 Å². The lowest BCUT2D eigenvalue weighted by atomic mass is 10.0. The van der Waals surface area contributed by atoms with Crippen LogP contribution >= 0.6 is 0 Å². The lowest BCUT2D eigenvalue weighted by molar-refractivity contribution is 0.144. The van der Waals surface area contributed by atoms with Gasteiger partial charge in [-0.3, -0.25) is 0 Å². The molecule has 0 amide bonds. The molecule has 0 saturated carbocycles. The van der Waals surface area contributed by atoms with Gasteiger partial charge in [-0.2, -0.15) is 0 Å². The monoisotopic (exact) mass is 209 g/mol. The van der Waals surface area contributed by atoms with Gasteiger partial charge >= 0.3 is 0 Å². The standard InChI is InChI=1S/C12H19NO2/c1-3-11(13)12(14)9-6-5-7-10(8-9)15-4-2/h5-8,11-12,14H,3-4,13H2,1-2H3. The first-order chi connectivity index (χ1) is 7.19. The van der Waals surface area contributed by atoms with E-state index < -0.39 is 6.10 Å². The predicted octanol–water partition coefficient (Wildman–Crippen LogP) is 1.86. The van der Waals surface area contributed by atoms with Crippen molar-refractivity contribution in [3.63, 3.8) is 0 Å². The van der Waals surface area contributed by atoms with Gasteiger partial charge in [0.1, 0.15) is 5.75 Å². The number of hydrogen-bond donors (Lipinski definition) is 2. The second-order valence-electron chi connectivity index (χ2n) is 3.52. The van der Waals surface area contributed by atoms with Gasteiger partial charge in [0.25, 0.3) is 0 Å². The molecule has 0 fully saturated rings. The fourth-order valence-corrected chi connectivity index (χ4v) is 1.43. The maximum Gasteiger partial charge on any atom is 0.119 e. The number of nitrogens with two attached hydrogens (primary N) is 1. The van der Waals surface area contributed by atoms with Crippen LogP contribution in [0.15, 0.2) is 24.3 Å². The molecule has 3 N–H and O–H groups in total. The Kier molecular flexibility index (Phi) is 4.59. The normalized spacial score (nSPS) is 14.7. The van der Waals surface area contributed by atoms with Crippen LogP contribution in [0.25, 0.3) is 0 Å². The number of aliphatic hydroxyl groups excluding tert-OH is 1. The third kappa shape index (κ3) is 3.22. The molecule has 0 aromatic heterocycles. The molecule has 2 unspecified atom stereocenters. The van der Waals surface area contributed by atoms with Crippen molar-refractivity contribution in [2.75, 3.05) is 6.61 Å². The molecule has 0 spiro atoms. The van der Waals surface area contributed by atoms with Crippen molar-refractivity contribution in [2.24, 2.45) is 5.73 Å². The van der Waals surface area contributed by atoms with Crippen LogP contribution in [0.2, 0.25) is 0 Å². The first-order valence-electron chi connectivity index (χ1n) is 5.35. The van der Waals surface area contributed by atoms with E-state index in [2.05, 4.69) is 0 Å². The Morgan fingerprint density at radius 2 is 2.13 bits per heavy atom. The van der Waals surface area contributed by atoms with Crippen molar-refractivity contribution in [1.29, 1.82) is 0 Å². The highest BCUT2D eigenvalue weighted by atomic mass is 16.5. The number of rotatable bonds is 5. The average Bonchev–Trinajstić information content (AvgIpc) is 2.28. The Labute approximate surface area is 90.9 Å². The van der Waals surface area contributed by atoms with Crippen LogP contribution in [0, 0.1) is 0 Å². The summed E-state index contributed by atoms with van der Waals surface area (Å²) >= 11 is 0. The summed E-state index contributed by atoms with van der Waals surface area (Å²) in [6.07, 6.45) is 0.135. The third-order valence-corrected chi connectivity index (χ3v) is 2.39. The topological polar surface area (TPSA) is 55.5 Å². The molecule has 0 heterocycles. The number of benzene rings is 1. The molecule has 3 nitrogen and oxygen atoms in total. The first-order valence-corrected chi connectivity index (χ1v) is 5.35. The van der Waals surface area contributed by atoms with E-state index in [-0.39, 0.29) is 6.04 Å². The maximum absolute atomic E-state index is 9.90. The van der Waals surface area contributed by atoms with Crippen LogP contribution in [0.4, 0.5) is 0 Å². The summed E-state index contributed by atoms with van der Waals surface area (Å²) in [4.78, 5) is 0. The lowest BCUT2D eigenvalue weighted by Gasteiger charge is -2.18. The molecule has 84 valence electrons. The average molecular weight is 209 g/mol. The van der Waals surface area contributed by atoms with E-state index in [1.54, 1.807) is 0 Å². The molecule has 0 saturated heterocycles. The fourth-order valence-electron chi connectivity index (χ4n) is 1.43. The van der Waals surface area contributed by atoms with E-state index in [1.165, 1.54) is 0 Å². The van der Waals surface area contributed by atoms with E-state index >= 15 is 0 Å². The molecule has 0 radical (unpaired) electrons. The summed E-state index contributed by atoms with van der Waals surface area (Å²) in [5.74, 6) is 0.775. The van der Waals surface area contributed by atoms with Gasteiger partial charge in [0.15, 0.2) is 0 Å². The van der Waals surface area contributed by atoms with Crippen molar-refractivity contribution in [2.45, 2.75) is 32.4 Å². The zero-order chi connectivity index (χ0) is 11.3. The quantitative estimate of drug-likeness (QED) is 0.778. The summed E-state index contributed by atoms with van der Waals surface area (Å²) in [6.45, 7) is 4.51. The minimum absolute atomic E-state index is 0.220. The summed E-state index contributed by atoms with van der Waals surface area (Å²) in [5, 5.41) is 9.90. The molecule has 15 heavy (non-hydrogen) atoms. The molecule has 2 atom stereocenters. The summed E-state index contributed by atoms with van der Waals surface area (Å²) in [7, 11) is 0. The Morgan fingerprint density at radius 3 is 2.73 bits per heavy atom. The number of hydrogen-bond acceptors (Lipinski definition) is 3. The van der Waals surface area contributed by atoms with Crippen LogP contribution < -0.4 is 10.5 Å². The van der Waals surface area contributed by atoms with Crippen molar-refractivity contribution in [3.8, 4) is 5.75 Å². The molecule has 1 aromatic carbocycles. The second-order valence-corrected chi connectivity index (χ2v) is 3.52. The van der Waals surface area contributed by atoms with Gasteiger partial charge < -0.3 is 15.6 Å². The van der Waals surface area contributed by atoms with Crippen molar-refractivity contribution >= 4 is 0 Å². The highest BCUT2D eigenvalue weighted by Gasteiger charge is 2.15. The SMILES string of the molecule is CCOc1cccc(C(O)C(N)CC)c1. The maximum atomic E-state index is 9.90. The third-order valence-electron chi connectivity index (χ3n) is 2.39. The molecule has 0 bridgehead atoms. The molecular weight excluding hydrogens is 190 g/mol. The van der Waals surface area contributed by atoms with E-state index in [4.69, 9.17) is 10.5 Å². The van der Waals surface area contributed by atoms with E-state index in [0.717, 1.165) is 17.7 Å². The Balaban J connectivity index is 2.80. The van der Waals surface area contributed by atoms with Crippen molar-refractivity contribution < 1.29 is 9.84 Å². The van der Waals surface area contributed by atoms with Gasteiger partial charge in [0.05, 0.1) is 12.7 Å². The Bertz CT molecular complexity index is 301. The minimum Gasteiger partial charge on any atom is -0.494 e. The van der Waals surface area contributed by atoms with Gasteiger partial charge in [-0.1, -0.05) is 19.1 Å². The van der Waals surface area contributed by atoms with E-state index in [0.29, 0.717) is 6.61 Å². The largest absolute Gasteiger partial charge is 0.494 e. The summed E-state index contributed by atoms with van der Waals surface area (Å²) in [6, 6.07) is 7.22. The van der Waals surface area contributed by atoms with Crippen LogP contribution in [0.3, 0.4) is 0 Å². The molecule has 1 aromatic rings. The molecule has 1 rings (SSSR count). The summed E-state index contributed by atoms with van der Waals surface area (Å²) < 4.78 is 5.36. The zero-order valence-electron chi connectivity index (χ0n) is 9.31. The van der Waals surface area contributed by atoms with Gasteiger partial charge in [0.2, 0.25) is 0 Å². The zero-order valence-corrected chi connectivity index (χ0v) is 9.31. The lowest BCUT2D eigenvalue weighted by Crippen LogP contribution is -2.27. The molecule has 0 aliphatic rings. The van der Waals surface area contributed by atoms with Crippen molar-refractivity contribution in [3.05, 3.63) is 29.8 Å². The minimum atomic E-state index is -0.615. The van der Waals surface area contributed by atoms with Crippen molar-refractivity contribution in [1.82, 2.24) is 0 Å². The number of aliphatic hydroxyl groups is 1. The Hall–Kier alpha value is -1.06. The number of ether oxygens (including phenoxy) is 1. The summed E-state index contributed by atoms with van der Waals surface area (Å²) in [5.41, 5.74) is 6.60. The van der Waals surface area contributed by atoms with Crippen LogP contribution in [-0.4, -0.2) is 17.8 Å².